The molecule has 8 heteroatoms. The Hall–Kier alpha value is -4.23. The maximum Gasteiger partial charge on any atom is 0.338 e. The molecule has 0 saturated heterocycles. The third-order valence-corrected chi connectivity index (χ3v) is 5.59. The molecule has 0 radical (unpaired) electrons. The first-order valence-electron chi connectivity index (χ1n) is 10.7. The SMILES string of the molecule is CCOC(=O)c1ccc(-c2nc3c(cnn3-c3ccccc3)c(=O)n2-c2ccc(Cl)cc2)cc1. The van der Waals surface area contributed by atoms with Crippen molar-refractivity contribution in [2.75, 3.05) is 6.61 Å². The predicted molar refractivity (Wildman–Crippen MR) is 131 cm³/mol. The second kappa shape index (κ2) is 8.96. The van der Waals surface area contributed by atoms with Gasteiger partial charge >= 0.3 is 5.97 Å². The van der Waals surface area contributed by atoms with E-state index in [2.05, 4.69) is 5.10 Å². The molecular formula is C26H19ClN4O3. The molecule has 0 spiro atoms. The largest absolute Gasteiger partial charge is 0.462 e. The highest BCUT2D eigenvalue weighted by Gasteiger charge is 2.19. The van der Waals surface area contributed by atoms with E-state index in [-0.39, 0.29) is 5.56 Å². The Labute approximate surface area is 199 Å². The molecule has 5 rings (SSSR count). The van der Waals surface area contributed by atoms with Gasteiger partial charge in [-0.15, -0.1) is 0 Å². The average Bonchev–Trinajstić information content (AvgIpc) is 3.30. The fourth-order valence-electron chi connectivity index (χ4n) is 3.72. The lowest BCUT2D eigenvalue weighted by atomic mass is 10.1. The summed E-state index contributed by atoms with van der Waals surface area (Å²) in [6, 6.07) is 23.2. The van der Waals surface area contributed by atoms with Crippen molar-refractivity contribution >= 4 is 28.6 Å². The van der Waals surface area contributed by atoms with Crippen LogP contribution in [0.25, 0.3) is 33.8 Å². The molecule has 0 aliphatic carbocycles. The van der Waals surface area contributed by atoms with Crippen LogP contribution in [-0.4, -0.2) is 31.9 Å². The van der Waals surface area contributed by atoms with Gasteiger partial charge in [0.1, 0.15) is 11.2 Å². The minimum Gasteiger partial charge on any atom is -0.462 e. The van der Waals surface area contributed by atoms with E-state index in [9.17, 15) is 9.59 Å². The lowest BCUT2D eigenvalue weighted by Gasteiger charge is -2.14. The van der Waals surface area contributed by atoms with Crippen LogP contribution in [0.4, 0.5) is 0 Å². The summed E-state index contributed by atoms with van der Waals surface area (Å²) in [5.74, 6) is 0.00243. The van der Waals surface area contributed by atoms with Crippen molar-refractivity contribution in [3.63, 3.8) is 0 Å². The summed E-state index contributed by atoms with van der Waals surface area (Å²) in [6.07, 6.45) is 1.53. The predicted octanol–water partition coefficient (Wildman–Crippen LogP) is 5.07. The number of hydrogen-bond acceptors (Lipinski definition) is 5. The van der Waals surface area contributed by atoms with E-state index in [0.29, 0.717) is 45.3 Å². The van der Waals surface area contributed by atoms with Gasteiger partial charge in [-0.05, 0) is 55.5 Å². The third-order valence-electron chi connectivity index (χ3n) is 5.34. The van der Waals surface area contributed by atoms with Gasteiger partial charge in [0.05, 0.1) is 29.7 Å². The van der Waals surface area contributed by atoms with E-state index in [1.165, 1.54) is 10.8 Å². The minimum absolute atomic E-state index is 0.265. The lowest BCUT2D eigenvalue weighted by molar-refractivity contribution is 0.0526. The number of esters is 1. The number of halogens is 1. The minimum atomic E-state index is -0.408. The smallest absolute Gasteiger partial charge is 0.338 e. The number of fused-ring (bicyclic) bond motifs is 1. The Kier molecular flexibility index (Phi) is 5.69. The Morgan fingerprint density at radius 3 is 2.32 bits per heavy atom. The van der Waals surface area contributed by atoms with Crippen LogP contribution in [0.2, 0.25) is 5.02 Å². The van der Waals surface area contributed by atoms with Gasteiger partial charge in [-0.2, -0.15) is 5.10 Å². The van der Waals surface area contributed by atoms with Crippen LogP contribution in [-0.2, 0) is 4.74 Å². The quantitative estimate of drug-likeness (QED) is 0.335. The van der Waals surface area contributed by atoms with Gasteiger partial charge in [0.2, 0.25) is 0 Å². The molecule has 0 atom stereocenters. The number of hydrogen-bond donors (Lipinski definition) is 0. The number of rotatable bonds is 5. The summed E-state index contributed by atoms with van der Waals surface area (Å²) in [5.41, 5.74) is 2.65. The molecule has 2 heterocycles. The molecule has 0 amide bonds. The van der Waals surface area contributed by atoms with Crippen LogP contribution < -0.4 is 5.56 Å². The van der Waals surface area contributed by atoms with E-state index in [1.807, 2.05) is 30.3 Å². The summed E-state index contributed by atoms with van der Waals surface area (Å²) >= 11 is 6.07. The van der Waals surface area contributed by atoms with E-state index < -0.39 is 5.97 Å². The number of carbonyl (C=O) groups is 1. The maximum absolute atomic E-state index is 13.7. The first-order chi connectivity index (χ1) is 16.6. The Morgan fingerprint density at radius 2 is 1.65 bits per heavy atom. The average molecular weight is 471 g/mol. The Morgan fingerprint density at radius 1 is 0.941 bits per heavy atom. The first-order valence-corrected chi connectivity index (χ1v) is 11.0. The molecule has 34 heavy (non-hydrogen) atoms. The monoisotopic (exact) mass is 470 g/mol. The number of ether oxygens (including phenoxy) is 1. The second-order valence-electron chi connectivity index (χ2n) is 7.48. The number of carbonyl (C=O) groups excluding carboxylic acids is 1. The van der Waals surface area contributed by atoms with Crippen molar-refractivity contribution in [1.82, 2.24) is 19.3 Å². The summed E-state index contributed by atoms with van der Waals surface area (Å²) in [7, 11) is 0. The topological polar surface area (TPSA) is 79.0 Å². The molecule has 0 aliphatic heterocycles. The number of para-hydroxylation sites is 1. The standard InChI is InChI=1S/C26H19ClN4O3/c1-2-34-26(33)18-10-8-17(9-11-18)23-29-24-22(16-28-31(24)21-6-4-3-5-7-21)25(32)30(23)20-14-12-19(27)13-15-20/h3-16H,2H2,1H3. The molecule has 0 saturated carbocycles. The summed E-state index contributed by atoms with van der Waals surface area (Å²) < 4.78 is 8.24. The van der Waals surface area contributed by atoms with Gasteiger partial charge in [0.15, 0.2) is 5.65 Å². The Balaban J connectivity index is 1.75. The molecule has 0 aliphatic rings. The zero-order valence-corrected chi connectivity index (χ0v) is 18.9. The van der Waals surface area contributed by atoms with E-state index >= 15 is 0 Å². The van der Waals surface area contributed by atoms with E-state index in [0.717, 1.165) is 5.69 Å². The van der Waals surface area contributed by atoms with Gasteiger partial charge in [0.25, 0.3) is 5.56 Å². The lowest BCUT2D eigenvalue weighted by Crippen LogP contribution is -2.22. The zero-order valence-electron chi connectivity index (χ0n) is 18.2. The van der Waals surface area contributed by atoms with Crippen molar-refractivity contribution < 1.29 is 9.53 Å². The van der Waals surface area contributed by atoms with Gasteiger partial charge in [-0.25, -0.2) is 14.5 Å². The molecule has 5 aromatic rings. The molecule has 3 aromatic carbocycles. The molecule has 0 bridgehead atoms. The van der Waals surface area contributed by atoms with Crippen molar-refractivity contribution in [2.24, 2.45) is 0 Å². The number of nitrogens with zero attached hydrogens (tertiary/aromatic N) is 4. The highest BCUT2D eigenvalue weighted by molar-refractivity contribution is 6.30. The summed E-state index contributed by atoms with van der Waals surface area (Å²) in [6.45, 7) is 2.05. The van der Waals surface area contributed by atoms with Crippen molar-refractivity contribution in [3.05, 3.63) is 106 Å². The summed E-state index contributed by atoms with van der Waals surface area (Å²) in [4.78, 5) is 30.6. The highest BCUT2D eigenvalue weighted by atomic mass is 35.5. The molecule has 0 N–H and O–H groups in total. The summed E-state index contributed by atoms with van der Waals surface area (Å²) in [5, 5.41) is 5.37. The van der Waals surface area contributed by atoms with Crippen molar-refractivity contribution in [3.8, 4) is 22.8 Å². The van der Waals surface area contributed by atoms with Crippen LogP contribution in [0.15, 0.2) is 89.9 Å². The van der Waals surface area contributed by atoms with Crippen molar-refractivity contribution in [1.29, 1.82) is 0 Å². The molecule has 0 fully saturated rings. The van der Waals surface area contributed by atoms with Crippen LogP contribution in [0, 0.1) is 0 Å². The van der Waals surface area contributed by atoms with Crippen LogP contribution in [0.5, 0.6) is 0 Å². The van der Waals surface area contributed by atoms with Crippen LogP contribution >= 0.6 is 11.6 Å². The molecule has 168 valence electrons. The number of aromatic nitrogens is 4. The van der Waals surface area contributed by atoms with Crippen LogP contribution in [0.3, 0.4) is 0 Å². The van der Waals surface area contributed by atoms with E-state index in [4.69, 9.17) is 21.3 Å². The van der Waals surface area contributed by atoms with Gasteiger partial charge in [-0.1, -0.05) is 41.9 Å². The van der Waals surface area contributed by atoms with Crippen molar-refractivity contribution in [2.45, 2.75) is 6.92 Å². The highest BCUT2D eigenvalue weighted by Crippen LogP contribution is 2.25. The normalized spacial score (nSPS) is 11.0. The molecular weight excluding hydrogens is 452 g/mol. The zero-order chi connectivity index (χ0) is 23.7. The molecule has 7 nitrogen and oxygen atoms in total. The van der Waals surface area contributed by atoms with Gasteiger partial charge in [-0.3, -0.25) is 9.36 Å². The third kappa shape index (κ3) is 3.86. The number of benzene rings is 3. The fourth-order valence-corrected chi connectivity index (χ4v) is 3.84. The molecule has 2 aromatic heterocycles. The van der Waals surface area contributed by atoms with Crippen LogP contribution in [0.1, 0.15) is 17.3 Å². The van der Waals surface area contributed by atoms with Gasteiger partial charge < -0.3 is 4.74 Å². The fraction of sp³-hybridized carbons (Fsp3) is 0.0769. The Bertz CT molecular complexity index is 1540. The second-order valence-corrected chi connectivity index (χ2v) is 7.92. The first kappa shape index (κ1) is 21.6. The van der Waals surface area contributed by atoms with E-state index in [1.54, 1.807) is 60.1 Å². The van der Waals surface area contributed by atoms with Gasteiger partial charge in [0, 0.05) is 10.6 Å². The molecule has 0 unspecified atom stereocenters. The maximum atomic E-state index is 13.7.